The van der Waals surface area contributed by atoms with Crippen molar-refractivity contribution in [2.24, 2.45) is 0 Å². The first-order chi connectivity index (χ1) is 19.7. The van der Waals surface area contributed by atoms with E-state index in [0.717, 1.165) is 17.3 Å². The van der Waals surface area contributed by atoms with E-state index in [1.54, 1.807) is 48.3 Å². The second-order valence-electron chi connectivity index (χ2n) is 9.51. The Morgan fingerprint density at radius 2 is 1.34 bits per heavy atom. The van der Waals surface area contributed by atoms with E-state index in [4.69, 9.17) is 0 Å². The van der Waals surface area contributed by atoms with Gasteiger partial charge in [0.15, 0.2) is 4.75 Å². The van der Waals surface area contributed by atoms with Crippen molar-refractivity contribution in [1.29, 1.82) is 0 Å². The van der Waals surface area contributed by atoms with Crippen LogP contribution in [0.2, 0.25) is 0 Å². The van der Waals surface area contributed by atoms with Crippen LogP contribution in [-0.2, 0) is 16.1 Å². The second kappa shape index (κ2) is 11.2. The molecule has 0 unspecified atom stereocenters. The largest absolute Gasteiger partial charge is 0.332 e. The molecule has 206 valence electrons. The van der Waals surface area contributed by atoms with Crippen LogP contribution in [0, 0.1) is 20.2 Å². The molecule has 4 aromatic carbocycles. The molecule has 0 saturated carbocycles. The van der Waals surface area contributed by atoms with Gasteiger partial charge in [0.25, 0.3) is 22.5 Å². The molecule has 2 amide bonds. The number of nitrogens with zero attached hydrogens (tertiary/aromatic N) is 4. The number of rotatable bonds is 8. The molecular weight excluding hydrogens is 544 g/mol. The lowest BCUT2D eigenvalue weighted by molar-refractivity contribution is -0.385. The first-order valence-electron chi connectivity index (χ1n) is 12.6. The summed E-state index contributed by atoms with van der Waals surface area (Å²) in [6.07, 6.45) is 0. The first kappa shape index (κ1) is 27.5. The van der Waals surface area contributed by atoms with Gasteiger partial charge in [0, 0.05) is 43.5 Å². The van der Waals surface area contributed by atoms with Gasteiger partial charge in [0.2, 0.25) is 0 Å². The molecule has 4 aromatic rings. The average Bonchev–Trinajstić information content (AvgIpc) is 2.99. The van der Waals surface area contributed by atoms with E-state index in [2.05, 4.69) is 0 Å². The summed E-state index contributed by atoms with van der Waals surface area (Å²) in [4.78, 5) is 52.5. The summed E-state index contributed by atoms with van der Waals surface area (Å²) in [7, 11) is 1.67. The van der Waals surface area contributed by atoms with Gasteiger partial charge >= 0.3 is 0 Å². The van der Waals surface area contributed by atoms with E-state index < -0.39 is 20.6 Å². The lowest BCUT2D eigenvalue weighted by atomic mass is 9.76. The average molecular weight is 569 g/mol. The number of nitro benzene ring substituents is 2. The number of carbonyl (C=O) groups excluding carboxylic acids is 2. The molecule has 0 aliphatic carbocycles. The van der Waals surface area contributed by atoms with Crippen LogP contribution in [0.4, 0.5) is 21.9 Å². The normalized spacial score (nSPS) is 17.9. The van der Waals surface area contributed by atoms with E-state index in [1.807, 2.05) is 36.4 Å². The van der Waals surface area contributed by atoms with E-state index in [0.29, 0.717) is 23.4 Å². The summed E-state index contributed by atoms with van der Waals surface area (Å²) in [6, 6.07) is 29.1. The predicted molar refractivity (Wildman–Crippen MR) is 155 cm³/mol. The highest BCUT2D eigenvalue weighted by molar-refractivity contribution is 8.15. The fraction of sp³-hybridized carbons (Fsp3) is 0.133. The van der Waals surface area contributed by atoms with Crippen LogP contribution in [0.25, 0.3) is 0 Å². The predicted octanol–water partition coefficient (Wildman–Crippen LogP) is 6.47. The quantitative estimate of drug-likeness (QED) is 0.135. The van der Waals surface area contributed by atoms with Crippen LogP contribution < -0.4 is 4.90 Å². The molecule has 5 rings (SSSR count). The van der Waals surface area contributed by atoms with Crippen molar-refractivity contribution in [3.05, 3.63) is 146 Å². The molecule has 11 heteroatoms. The standard InChI is InChI=1S/C30H24N4O6S/c1-31(20-21-8-4-2-5-9-21)29(36)41-30(23-10-6-3-7-11-23)27(22-12-14-25(15-13-22)33(37)38)32(28(30)35)24-16-18-26(19-17-24)34(39)40/h2-19,27H,20H2,1H3/t27-,30-/m0/s1. The first-order valence-corrected chi connectivity index (χ1v) is 13.4. The number of thioether (sulfide) groups is 1. The molecule has 1 saturated heterocycles. The number of hydrogen-bond acceptors (Lipinski definition) is 7. The van der Waals surface area contributed by atoms with Gasteiger partial charge in [0.1, 0.15) is 0 Å². The zero-order valence-electron chi connectivity index (χ0n) is 21.8. The third-order valence-corrected chi connectivity index (χ3v) is 8.41. The number of anilines is 1. The number of non-ortho nitro benzene ring substituents is 2. The van der Waals surface area contributed by atoms with Crippen LogP contribution in [0.1, 0.15) is 22.7 Å². The van der Waals surface area contributed by atoms with Crippen LogP contribution in [0.5, 0.6) is 0 Å². The third-order valence-electron chi connectivity index (χ3n) is 6.96. The maximum Gasteiger partial charge on any atom is 0.283 e. The van der Waals surface area contributed by atoms with Crippen molar-refractivity contribution >= 4 is 40.0 Å². The summed E-state index contributed by atoms with van der Waals surface area (Å²) in [5, 5.41) is 22.2. The third kappa shape index (κ3) is 5.14. The Bertz CT molecular complexity index is 1600. The molecule has 0 radical (unpaired) electrons. The summed E-state index contributed by atoms with van der Waals surface area (Å²) in [5.41, 5.74) is 2.26. The molecule has 0 N–H and O–H groups in total. The van der Waals surface area contributed by atoms with Gasteiger partial charge in [-0.3, -0.25) is 29.8 Å². The number of amides is 2. The summed E-state index contributed by atoms with van der Waals surface area (Å²) in [6.45, 7) is 0.333. The van der Waals surface area contributed by atoms with Crippen LogP contribution in [-0.4, -0.2) is 32.9 Å². The number of nitro groups is 2. The summed E-state index contributed by atoms with van der Waals surface area (Å²) >= 11 is 0.896. The minimum absolute atomic E-state index is 0.113. The smallest absolute Gasteiger partial charge is 0.283 e. The Morgan fingerprint density at radius 3 is 1.88 bits per heavy atom. The molecule has 1 heterocycles. The van der Waals surface area contributed by atoms with Gasteiger partial charge in [0.05, 0.1) is 15.9 Å². The fourth-order valence-electron chi connectivity index (χ4n) is 4.96. The number of hydrogen-bond donors (Lipinski definition) is 0. The fourth-order valence-corrected chi connectivity index (χ4v) is 6.24. The monoisotopic (exact) mass is 568 g/mol. The van der Waals surface area contributed by atoms with Crippen molar-refractivity contribution in [1.82, 2.24) is 4.90 Å². The molecule has 1 aliphatic heterocycles. The molecule has 2 atom stereocenters. The molecule has 0 bridgehead atoms. The lowest BCUT2D eigenvalue weighted by Crippen LogP contribution is -2.65. The zero-order chi connectivity index (χ0) is 29.1. The van der Waals surface area contributed by atoms with E-state index in [-0.39, 0.29) is 22.5 Å². The molecule has 41 heavy (non-hydrogen) atoms. The van der Waals surface area contributed by atoms with E-state index >= 15 is 0 Å². The Balaban J connectivity index is 1.60. The van der Waals surface area contributed by atoms with E-state index in [9.17, 15) is 29.8 Å². The number of benzene rings is 4. The maximum atomic E-state index is 14.3. The van der Waals surface area contributed by atoms with Crippen LogP contribution in [0.15, 0.2) is 109 Å². The molecule has 0 spiro atoms. The Morgan fingerprint density at radius 1 is 0.829 bits per heavy atom. The highest BCUT2D eigenvalue weighted by Gasteiger charge is 2.64. The molecule has 1 aliphatic rings. The van der Waals surface area contributed by atoms with Gasteiger partial charge in [-0.25, -0.2) is 0 Å². The van der Waals surface area contributed by atoms with Gasteiger partial charge < -0.3 is 9.80 Å². The van der Waals surface area contributed by atoms with Gasteiger partial charge in [-0.05, 0) is 40.6 Å². The number of carbonyl (C=O) groups is 2. The molecule has 1 fully saturated rings. The highest BCUT2D eigenvalue weighted by Crippen LogP contribution is 2.60. The Kier molecular flexibility index (Phi) is 7.54. The van der Waals surface area contributed by atoms with Crippen molar-refractivity contribution < 1.29 is 19.4 Å². The van der Waals surface area contributed by atoms with Crippen molar-refractivity contribution in [2.45, 2.75) is 17.3 Å². The molecule has 0 aromatic heterocycles. The van der Waals surface area contributed by atoms with Gasteiger partial charge in [-0.15, -0.1) is 0 Å². The van der Waals surface area contributed by atoms with Gasteiger partial charge in [-0.2, -0.15) is 0 Å². The van der Waals surface area contributed by atoms with Crippen LogP contribution >= 0.6 is 11.8 Å². The Labute approximate surface area is 239 Å². The minimum Gasteiger partial charge on any atom is -0.332 e. The maximum absolute atomic E-state index is 14.3. The molecule has 10 nitrogen and oxygen atoms in total. The lowest BCUT2D eigenvalue weighted by Gasteiger charge is -2.55. The van der Waals surface area contributed by atoms with Crippen molar-refractivity contribution in [3.63, 3.8) is 0 Å². The van der Waals surface area contributed by atoms with Crippen molar-refractivity contribution in [2.75, 3.05) is 11.9 Å². The summed E-state index contributed by atoms with van der Waals surface area (Å²) < 4.78 is -1.40. The SMILES string of the molecule is CN(Cc1ccccc1)C(=O)S[C@]1(c2ccccc2)C(=O)N(c2ccc([N+](=O)[O-])cc2)[C@H]1c1ccc([N+](=O)[O-])cc1. The summed E-state index contributed by atoms with van der Waals surface area (Å²) in [5.74, 6) is -0.382. The van der Waals surface area contributed by atoms with Crippen LogP contribution in [0.3, 0.4) is 0 Å². The number of β-lactam (4-membered cyclic amide) rings is 1. The topological polar surface area (TPSA) is 127 Å². The van der Waals surface area contributed by atoms with Gasteiger partial charge in [-0.1, -0.05) is 72.8 Å². The highest BCUT2D eigenvalue weighted by atomic mass is 32.2. The molecular formula is C30H24N4O6S. The second-order valence-corrected chi connectivity index (χ2v) is 10.7. The zero-order valence-corrected chi connectivity index (χ0v) is 22.6. The van der Waals surface area contributed by atoms with E-state index in [1.165, 1.54) is 41.3 Å². The van der Waals surface area contributed by atoms with Crippen molar-refractivity contribution in [3.8, 4) is 0 Å². The minimum atomic E-state index is -1.40. The Hall–Kier alpha value is -5.03.